The van der Waals surface area contributed by atoms with Crippen molar-refractivity contribution in [2.75, 3.05) is 0 Å². The Balaban J connectivity index is 3.35. The van der Waals surface area contributed by atoms with Crippen molar-refractivity contribution in [3.05, 3.63) is 0 Å². The van der Waals surface area contributed by atoms with Crippen molar-refractivity contribution >= 4 is 10.1 Å². The average Bonchev–Trinajstić information content (AvgIpc) is 2.43. The van der Waals surface area contributed by atoms with Gasteiger partial charge < -0.3 is 5.11 Å². The monoisotopic (exact) mass is 336 g/mol. The van der Waals surface area contributed by atoms with E-state index in [0.29, 0.717) is 6.42 Å². The maximum Gasteiger partial charge on any atom is 0.267 e. The lowest BCUT2D eigenvalue weighted by molar-refractivity contribution is 0.149. The third kappa shape index (κ3) is 13.5. The summed E-state index contributed by atoms with van der Waals surface area (Å²) in [6.07, 6.45) is 14.0. The molecule has 0 radical (unpaired) electrons. The number of aliphatic hydroxyl groups is 1. The Kier molecular flexibility index (Phi) is 13.2. The molecule has 0 aliphatic carbocycles. The molecule has 4 nitrogen and oxygen atoms in total. The molecule has 2 unspecified atom stereocenters. The number of unbranched alkanes of at least 4 members (excludes halogenated alkanes) is 10. The number of hydrogen-bond acceptors (Lipinski definition) is 3. The topological polar surface area (TPSA) is 74.6 Å². The predicted octanol–water partition coefficient (Wildman–Crippen LogP) is 4.71. The highest BCUT2D eigenvalue weighted by atomic mass is 32.2. The van der Waals surface area contributed by atoms with Gasteiger partial charge in [-0.15, -0.1) is 0 Å². The lowest BCUT2D eigenvalue weighted by Crippen LogP contribution is -2.23. The van der Waals surface area contributed by atoms with Crippen molar-refractivity contribution < 1.29 is 18.1 Å². The second kappa shape index (κ2) is 13.3. The molecule has 134 valence electrons. The van der Waals surface area contributed by atoms with Crippen LogP contribution in [0.1, 0.15) is 97.3 Å². The van der Waals surface area contributed by atoms with E-state index in [1.54, 1.807) is 0 Å². The van der Waals surface area contributed by atoms with Gasteiger partial charge in [0.05, 0.1) is 11.4 Å². The van der Waals surface area contributed by atoms with Crippen LogP contribution in [0.5, 0.6) is 0 Å². The predicted molar refractivity (Wildman–Crippen MR) is 92.7 cm³/mol. The first-order chi connectivity index (χ1) is 10.4. The van der Waals surface area contributed by atoms with Crippen molar-refractivity contribution in [1.29, 1.82) is 0 Å². The smallest absolute Gasteiger partial charge is 0.267 e. The van der Waals surface area contributed by atoms with Gasteiger partial charge in [0.1, 0.15) is 0 Å². The van der Waals surface area contributed by atoms with E-state index < -0.39 is 21.5 Å². The summed E-state index contributed by atoms with van der Waals surface area (Å²) in [4.78, 5) is 0. The SMILES string of the molecule is CCCCCCCCCCCCCC(O)CC(C)S(=O)(=O)O. The van der Waals surface area contributed by atoms with Crippen molar-refractivity contribution in [1.82, 2.24) is 0 Å². The van der Waals surface area contributed by atoms with Crippen LogP contribution in [0.3, 0.4) is 0 Å². The van der Waals surface area contributed by atoms with E-state index in [1.807, 2.05) is 0 Å². The van der Waals surface area contributed by atoms with Crippen molar-refractivity contribution in [3.8, 4) is 0 Å². The molecule has 0 spiro atoms. The van der Waals surface area contributed by atoms with Gasteiger partial charge in [-0.1, -0.05) is 77.6 Å². The Morgan fingerprint density at radius 2 is 1.23 bits per heavy atom. The molecule has 0 bridgehead atoms. The van der Waals surface area contributed by atoms with E-state index in [0.717, 1.165) is 12.8 Å². The zero-order valence-corrected chi connectivity index (χ0v) is 15.3. The minimum atomic E-state index is -4.01. The van der Waals surface area contributed by atoms with Gasteiger partial charge in [0, 0.05) is 0 Å². The summed E-state index contributed by atoms with van der Waals surface area (Å²) in [6.45, 7) is 3.67. The van der Waals surface area contributed by atoms with Gasteiger partial charge in [0.15, 0.2) is 0 Å². The van der Waals surface area contributed by atoms with E-state index in [1.165, 1.54) is 64.7 Å². The summed E-state index contributed by atoms with van der Waals surface area (Å²) >= 11 is 0. The zero-order valence-electron chi connectivity index (χ0n) is 14.5. The molecule has 0 fully saturated rings. The highest BCUT2D eigenvalue weighted by Gasteiger charge is 2.20. The first-order valence-corrected chi connectivity index (χ1v) is 10.5. The summed E-state index contributed by atoms with van der Waals surface area (Å²) in [5, 5.41) is 8.87. The Hall–Kier alpha value is -0.130. The van der Waals surface area contributed by atoms with Gasteiger partial charge in [-0.05, 0) is 19.8 Å². The summed E-state index contributed by atoms with van der Waals surface area (Å²) in [5.41, 5.74) is 0. The lowest BCUT2D eigenvalue weighted by atomic mass is 10.0. The van der Waals surface area contributed by atoms with E-state index in [9.17, 15) is 13.5 Å². The molecule has 2 atom stereocenters. The highest BCUT2D eigenvalue weighted by molar-refractivity contribution is 7.86. The van der Waals surface area contributed by atoms with Crippen molar-refractivity contribution in [2.24, 2.45) is 0 Å². The van der Waals surface area contributed by atoms with Crippen LogP contribution < -0.4 is 0 Å². The fourth-order valence-corrected chi connectivity index (χ4v) is 3.13. The van der Waals surface area contributed by atoms with Gasteiger partial charge >= 0.3 is 0 Å². The summed E-state index contributed by atoms with van der Waals surface area (Å²) in [6, 6.07) is 0. The fraction of sp³-hybridized carbons (Fsp3) is 1.00. The van der Waals surface area contributed by atoms with E-state index in [2.05, 4.69) is 6.92 Å². The molecule has 0 aromatic carbocycles. The normalized spacial score (nSPS) is 14.9. The minimum absolute atomic E-state index is 0.122. The highest BCUT2D eigenvalue weighted by Crippen LogP contribution is 2.15. The fourth-order valence-electron chi connectivity index (χ4n) is 2.67. The Morgan fingerprint density at radius 1 is 0.818 bits per heavy atom. The molecule has 0 heterocycles. The second-order valence-electron chi connectivity index (χ2n) is 6.54. The van der Waals surface area contributed by atoms with Gasteiger partial charge in [0.25, 0.3) is 10.1 Å². The van der Waals surface area contributed by atoms with Crippen molar-refractivity contribution in [2.45, 2.75) is 109 Å². The molecule has 5 heteroatoms. The molecule has 0 aromatic heterocycles. The Bertz CT molecular complexity index is 341. The van der Waals surface area contributed by atoms with Crippen molar-refractivity contribution in [3.63, 3.8) is 0 Å². The Labute approximate surface area is 137 Å². The molecule has 0 saturated heterocycles. The molecule has 0 aliphatic rings. The standard InChI is InChI=1S/C17H36O4S/c1-3-4-5-6-7-8-9-10-11-12-13-14-17(18)15-16(2)22(19,20)21/h16-18H,3-15H2,1-2H3,(H,19,20,21). The minimum Gasteiger partial charge on any atom is -0.393 e. The first-order valence-electron chi connectivity index (χ1n) is 9.02. The molecule has 2 N–H and O–H groups in total. The van der Waals surface area contributed by atoms with Gasteiger partial charge in [0.2, 0.25) is 0 Å². The van der Waals surface area contributed by atoms with E-state index in [4.69, 9.17) is 4.55 Å². The largest absolute Gasteiger partial charge is 0.393 e. The van der Waals surface area contributed by atoms with Crippen LogP contribution in [0.25, 0.3) is 0 Å². The number of hydrogen-bond donors (Lipinski definition) is 2. The molecule has 0 saturated carbocycles. The van der Waals surface area contributed by atoms with Gasteiger partial charge in [-0.3, -0.25) is 4.55 Å². The second-order valence-corrected chi connectivity index (χ2v) is 8.37. The van der Waals surface area contributed by atoms with Crippen LogP contribution in [0.4, 0.5) is 0 Å². The molecule has 22 heavy (non-hydrogen) atoms. The molecular formula is C17H36O4S. The summed E-state index contributed by atoms with van der Waals surface area (Å²) < 4.78 is 30.6. The number of aliphatic hydroxyl groups excluding tert-OH is 1. The molecule has 0 rings (SSSR count). The van der Waals surface area contributed by atoms with Crippen LogP contribution in [-0.4, -0.2) is 29.4 Å². The van der Waals surface area contributed by atoms with E-state index in [-0.39, 0.29) is 6.42 Å². The molecular weight excluding hydrogens is 300 g/mol. The van der Waals surface area contributed by atoms with Crippen LogP contribution in [0.2, 0.25) is 0 Å². The maximum absolute atomic E-state index is 10.9. The lowest BCUT2D eigenvalue weighted by Gasteiger charge is -2.14. The number of rotatable bonds is 15. The molecule has 0 amide bonds. The van der Waals surface area contributed by atoms with E-state index >= 15 is 0 Å². The molecule has 0 aromatic rings. The zero-order chi connectivity index (χ0) is 16.8. The van der Waals surface area contributed by atoms with Crippen LogP contribution in [-0.2, 0) is 10.1 Å². The quantitative estimate of drug-likeness (QED) is 0.335. The summed E-state index contributed by atoms with van der Waals surface area (Å²) in [5.74, 6) is 0. The van der Waals surface area contributed by atoms with Crippen LogP contribution in [0.15, 0.2) is 0 Å². The maximum atomic E-state index is 10.9. The molecule has 0 aliphatic heterocycles. The third-order valence-electron chi connectivity index (χ3n) is 4.25. The van der Waals surface area contributed by atoms with Crippen LogP contribution >= 0.6 is 0 Å². The first kappa shape index (κ1) is 21.9. The Morgan fingerprint density at radius 3 is 1.64 bits per heavy atom. The van der Waals surface area contributed by atoms with Crippen LogP contribution in [0, 0.1) is 0 Å². The third-order valence-corrected chi connectivity index (χ3v) is 5.46. The average molecular weight is 337 g/mol. The van der Waals surface area contributed by atoms with Gasteiger partial charge in [-0.25, -0.2) is 0 Å². The van der Waals surface area contributed by atoms with Gasteiger partial charge in [-0.2, -0.15) is 8.42 Å². The summed E-state index contributed by atoms with van der Waals surface area (Å²) in [7, 11) is -4.01.